The van der Waals surface area contributed by atoms with Crippen LogP contribution in [0.5, 0.6) is 0 Å². The van der Waals surface area contributed by atoms with E-state index in [2.05, 4.69) is 10.6 Å². The molecule has 1 atom stereocenters. The van der Waals surface area contributed by atoms with Gasteiger partial charge in [0.05, 0.1) is 16.5 Å². The summed E-state index contributed by atoms with van der Waals surface area (Å²) in [6.45, 7) is 0. The van der Waals surface area contributed by atoms with Gasteiger partial charge < -0.3 is 10.6 Å². The lowest BCUT2D eigenvalue weighted by molar-refractivity contribution is -0.137. The lowest BCUT2D eigenvalue weighted by Gasteiger charge is -2.24. The number of rotatable bonds is 3. The molecule has 0 saturated heterocycles. The fourth-order valence-electron chi connectivity index (χ4n) is 2.37. The Morgan fingerprint density at radius 2 is 1.88 bits per heavy atom. The van der Waals surface area contributed by atoms with Gasteiger partial charge in [-0.3, -0.25) is 9.59 Å². The number of carbonyl (C=O) groups excluding carboxylic acids is 2. The van der Waals surface area contributed by atoms with Crippen LogP contribution in [-0.4, -0.2) is 17.1 Å². The second-order valence-electron chi connectivity index (χ2n) is 5.56. The number of halogens is 4. The van der Waals surface area contributed by atoms with Crippen LogP contribution in [0.3, 0.4) is 0 Å². The number of fused-ring (bicyclic) bond motifs is 1. The molecule has 0 saturated carbocycles. The number of amides is 2. The van der Waals surface area contributed by atoms with Crippen molar-refractivity contribution in [1.82, 2.24) is 0 Å². The normalized spacial score (nSPS) is 16.6. The molecule has 0 aliphatic carbocycles. The molecule has 136 valence electrons. The maximum Gasteiger partial charge on any atom is 0.416 e. The molecule has 0 bridgehead atoms. The van der Waals surface area contributed by atoms with Gasteiger partial charge in [-0.1, -0.05) is 11.6 Å². The van der Waals surface area contributed by atoms with Gasteiger partial charge in [0.25, 0.3) is 0 Å². The smallest absolute Gasteiger partial charge is 0.326 e. The lowest BCUT2D eigenvalue weighted by atomic mass is 10.1. The molecule has 26 heavy (non-hydrogen) atoms. The van der Waals surface area contributed by atoms with Crippen LogP contribution in [0.2, 0.25) is 5.02 Å². The molecule has 0 fully saturated rings. The summed E-state index contributed by atoms with van der Waals surface area (Å²) in [5, 5.41) is 4.89. The predicted octanol–water partition coefficient (Wildman–Crippen LogP) is 4.80. The van der Waals surface area contributed by atoms with Crippen molar-refractivity contribution >= 4 is 46.6 Å². The van der Waals surface area contributed by atoms with E-state index < -0.39 is 22.9 Å². The molecule has 0 spiro atoms. The van der Waals surface area contributed by atoms with Gasteiger partial charge in [-0.2, -0.15) is 13.2 Å². The topological polar surface area (TPSA) is 58.2 Å². The Kier molecular flexibility index (Phi) is 5.15. The summed E-state index contributed by atoms with van der Waals surface area (Å²) in [4.78, 5) is 24.8. The summed E-state index contributed by atoms with van der Waals surface area (Å²) in [6, 6.07) is 9.64. The molecule has 3 rings (SSSR count). The fourth-order valence-corrected chi connectivity index (χ4v) is 3.59. The minimum atomic E-state index is -4.49. The van der Waals surface area contributed by atoms with Gasteiger partial charge in [0.2, 0.25) is 11.8 Å². The number of hydrogen-bond acceptors (Lipinski definition) is 3. The summed E-state index contributed by atoms with van der Waals surface area (Å²) in [5.41, 5.74) is -0.198. The van der Waals surface area contributed by atoms with E-state index in [1.165, 1.54) is 6.07 Å². The number of thioether (sulfide) groups is 1. The number of alkyl halides is 3. The van der Waals surface area contributed by atoms with Gasteiger partial charge in [-0.15, -0.1) is 11.8 Å². The Labute approximate surface area is 156 Å². The van der Waals surface area contributed by atoms with E-state index in [0.717, 1.165) is 23.9 Å². The van der Waals surface area contributed by atoms with E-state index in [-0.39, 0.29) is 18.0 Å². The zero-order valence-corrected chi connectivity index (χ0v) is 14.6. The zero-order chi connectivity index (χ0) is 18.9. The monoisotopic (exact) mass is 400 g/mol. The molecular formula is C17H12ClF3N2O2S. The molecule has 1 aliphatic rings. The lowest BCUT2D eigenvalue weighted by Crippen LogP contribution is -2.32. The van der Waals surface area contributed by atoms with Crippen LogP contribution < -0.4 is 10.6 Å². The van der Waals surface area contributed by atoms with Gasteiger partial charge in [0, 0.05) is 22.0 Å². The SMILES string of the molecule is O=C(CC1Sc2ccc(C(F)(F)F)cc2NC1=O)Nc1ccc(Cl)cc1. The third kappa shape index (κ3) is 4.31. The summed E-state index contributed by atoms with van der Waals surface area (Å²) >= 11 is 6.84. The van der Waals surface area contributed by atoms with E-state index in [4.69, 9.17) is 11.6 Å². The quantitative estimate of drug-likeness (QED) is 0.778. The Bertz CT molecular complexity index is 856. The molecule has 4 nitrogen and oxygen atoms in total. The molecule has 2 aromatic carbocycles. The second-order valence-corrected chi connectivity index (χ2v) is 7.24. The summed E-state index contributed by atoms with van der Waals surface area (Å²) < 4.78 is 38.3. The first-order valence-corrected chi connectivity index (χ1v) is 8.72. The van der Waals surface area contributed by atoms with Crippen LogP contribution in [0.25, 0.3) is 0 Å². The number of anilines is 2. The van der Waals surface area contributed by atoms with E-state index in [9.17, 15) is 22.8 Å². The molecule has 2 amide bonds. The van der Waals surface area contributed by atoms with Crippen molar-refractivity contribution in [2.45, 2.75) is 22.7 Å². The molecule has 1 unspecified atom stereocenters. The minimum Gasteiger partial charge on any atom is -0.326 e. The van der Waals surface area contributed by atoms with Crippen molar-refractivity contribution in [1.29, 1.82) is 0 Å². The largest absolute Gasteiger partial charge is 0.416 e. The third-order valence-electron chi connectivity index (χ3n) is 3.63. The maximum atomic E-state index is 12.8. The number of hydrogen-bond donors (Lipinski definition) is 2. The molecule has 1 heterocycles. The average molecular weight is 401 g/mol. The molecule has 0 aromatic heterocycles. The Balaban J connectivity index is 1.68. The molecule has 2 N–H and O–H groups in total. The first kappa shape index (κ1) is 18.6. The van der Waals surface area contributed by atoms with Crippen molar-refractivity contribution in [3.63, 3.8) is 0 Å². The first-order valence-electron chi connectivity index (χ1n) is 7.46. The van der Waals surface area contributed by atoms with Crippen LogP contribution in [0.1, 0.15) is 12.0 Å². The molecule has 2 aromatic rings. The third-order valence-corrected chi connectivity index (χ3v) is 5.15. The highest BCUT2D eigenvalue weighted by Crippen LogP contribution is 2.40. The van der Waals surface area contributed by atoms with Crippen molar-refractivity contribution in [2.24, 2.45) is 0 Å². The van der Waals surface area contributed by atoms with Gasteiger partial charge in [-0.25, -0.2) is 0 Å². The Morgan fingerprint density at radius 1 is 1.19 bits per heavy atom. The van der Waals surface area contributed by atoms with Gasteiger partial charge >= 0.3 is 6.18 Å². The highest BCUT2D eigenvalue weighted by atomic mass is 35.5. The molecule has 1 aliphatic heterocycles. The van der Waals surface area contributed by atoms with Crippen LogP contribution in [0.15, 0.2) is 47.4 Å². The van der Waals surface area contributed by atoms with E-state index in [1.807, 2.05) is 0 Å². The van der Waals surface area contributed by atoms with Crippen molar-refractivity contribution in [3.05, 3.63) is 53.1 Å². The summed E-state index contributed by atoms with van der Waals surface area (Å²) in [7, 11) is 0. The summed E-state index contributed by atoms with van der Waals surface area (Å²) in [6.07, 6.45) is -4.60. The standard InChI is InChI=1S/C17H12ClF3N2O2S/c18-10-2-4-11(5-3-10)22-15(24)8-14-16(25)23-12-7-9(17(19,20)21)1-6-13(12)26-14/h1-7,14H,8H2,(H,22,24)(H,23,25). The Hall–Kier alpha value is -2.19. The van der Waals surface area contributed by atoms with Crippen molar-refractivity contribution < 1.29 is 22.8 Å². The van der Waals surface area contributed by atoms with E-state index in [0.29, 0.717) is 15.6 Å². The Morgan fingerprint density at radius 3 is 2.54 bits per heavy atom. The number of carbonyl (C=O) groups is 2. The predicted molar refractivity (Wildman–Crippen MR) is 94.4 cm³/mol. The maximum absolute atomic E-state index is 12.8. The van der Waals surface area contributed by atoms with Crippen molar-refractivity contribution in [2.75, 3.05) is 10.6 Å². The van der Waals surface area contributed by atoms with Crippen LogP contribution in [0, 0.1) is 0 Å². The minimum absolute atomic E-state index is 0.101. The van der Waals surface area contributed by atoms with Crippen molar-refractivity contribution in [3.8, 4) is 0 Å². The number of benzene rings is 2. The molecule has 9 heteroatoms. The highest BCUT2D eigenvalue weighted by Gasteiger charge is 2.34. The van der Waals surface area contributed by atoms with Gasteiger partial charge in [0.1, 0.15) is 0 Å². The van der Waals surface area contributed by atoms with E-state index >= 15 is 0 Å². The fraction of sp³-hybridized carbons (Fsp3) is 0.176. The second kappa shape index (κ2) is 7.20. The summed E-state index contributed by atoms with van der Waals surface area (Å²) in [5.74, 6) is -0.886. The van der Waals surface area contributed by atoms with Gasteiger partial charge in [0.15, 0.2) is 0 Å². The first-order chi connectivity index (χ1) is 12.2. The average Bonchev–Trinajstić information content (AvgIpc) is 2.56. The van der Waals surface area contributed by atoms with Crippen LogP contribution >= 0.6 is 23.4 Å². The molecule has 0 radical (unpaired) electrons. The molecular weight excluding hydrogens is 389 g/mol. The highest BCUT2D eigenvalue weighted by molar-refractivity contribution is 8.01. The number of nitrogens with one attached hydrogen (secondary N) is 2. The zero-order valence-electron chi connectivity index (χ0n) is 13.1. The van der Waals surface area contributed by atoms with E-state index in [1.54, 1.807) is 24.3 Å². The van der Waals surface area contributed by atoms with Crippen LogP contribution in [0.4, 0.5) is 24.5 Å². The van der Waals surface area contributed by atoms with Crippen LogP contribution in [-0.2, 0) is 15.8 Å². The van der Waals surface area contributed by atoms with Gasteiger partial charge in [-0.05, 0) is 42.5 Å².